The van der Waals surface area contributed by atoms with Gasteiger partial charge in [0.2, 0.25) is 11.6 Å². The number of ether oxygens (including phenoxy) is 2. The number of Topliss-reactive ketones (excluding diaryl/α,β-unsaturated/α-hetero) is 1. The minimum atomic E-state index is -0.772. The summed E-state index contributed by atoms with van der Waals surface area (Å²) in [6.45, 7) is 0. The Morgan fingerprint density at radius 3 is 2.50 bits per heavy atom. The second-order valence-corrected chi connectivity index (χ2v) is 5.79. The highest BCUT2D eigenvalue weighted by atomic mass is 79.9. The van der Waals surface area contributed by atoms with Crippen LogP contribution in [0.4, 0.5) is 0 Å². The second-order valence-electron chi connectivity index (χ2n) is 4.94. The molecule has 0 radical (unpaired) electrons. The first-order valence-electron chi connectivity index (χ1n) is 6.82. The molecule has 24 heavy (non-hydrogen) atoms. The molecule has 0 N–H and O–H groups in total. The first kappa shape index (κ1) is 16.2. The number of rotatable bonds is 4. The Hall–Kier alpha value is -2.67. The van der Waals surface area contributed by atoms with Crippen LogP contribution in [0.5, 0.6) is 11.5 Å². The van der Waals surface area contributed by atoms with Gasteiger partial charge in [-0.05, 0) is 34.1 Å². The molecule has 2 aromatic rings. The number of carbonyl (C=O) groups excluding carboxylic acids is 3. The highest BCUT2D eigenvalue weighted by Crippen LogP contribution is 2.35. The van der Waals surface area contributed by atoms with E-state index in [1.54, 1.807) is 12.1 Å². The van der Waals surface area contributed by atoms with Crippen molar-refractivity contribution in [1.29, 1.82) is 0 Å². The lowest BCUT2D eigenvalue weighted by Crippen LogP contribution is -2.19. The summed E-state index contributed by atoms with van der Waals surface area (Å²) in [4.78, 5) is 36.6. The van der Waals surface area contributed by atoms with Gasteiger partial charge in [0.25, 0.3) is 0 Å². The third-order valence-corrected chi connectivity index (χ3v) is 4.20. The van der Waals surface area contributed by atoms with Gasteiger partial charge in [-0.3, -0.25) is 14.4 Å². The Morgan fingerprint density at radius 1 is 1.12 bits per heavy atom. The minimum absolute atomic E-state index is 0.0284. The molecule has 0 aliphatic heterocycles. The van der Waals surface area contributed by atoms with Crippen LogP contribution in [0.2, 0.25) is 0 Å². The van der Waals surface area contributed by atoms with Gasteiger partial charge in [0.1, 0.15) is 6.26 Å². The van der Waals surface area contributed by atoms with Crippen molar-refractivity contribution in [2.24, 2.45) is 0 Å². The maximum absolute atomic E-state index is 12.8. The third-order valence-electron chi connectivity index (χ3n) is 3.61. The molecule has 3 rings (SSSR count). The van der Waals surface area contributed by atoms with Crippen LogP contribution in [0.3, 0.4) is 0 Å². The highest BCUT2D eigenvalue weighted by molar-refractivity contribution is 9.15. The van der Waals surface area contributed by atoms with Crippen LogP contribution < -0.4 is 9.47 Å². The Morgan fingerprint density at radius 2 is 1.83 bits per heavy atom. The molecule has 1 aliphatic carbocycles. The number of hydrogen-bond donors (Lipinski definition) is 0. The van der Waals surface area contributed by atoms with E-state index in [0.29, 0.717) is 16.0 Å². The number of methoxy groups -OCH3 is 2. The van der Waals surface area contributed by atoms with Crippen molar-refractivity contribution in [2.45, 2.75) is 0 Å². The first-order chi connectivity index (χ1) is 11.5. The number of halogens is 1. The minimum Gasteiger partial charge on any atom is -0.493 e. The molecule has 0 saturated heterocycles. The van der Waals surface area contributed by atoms with Crippen molar-refractivity contribution in [2.75, 3.05) is 14.2 Å². The molecule has 0 amide bonds. The molecule has 6 nitrogen and oxygen atoms in total. The van der Waals surface area contributed by atoms with E-state index in [0.717, 1.165) is 6.08 Å². The average Bonchev–Trinajstić information content (AvgIpc) is 3.04. The summed E-state index contributed by atoms with van der Waals surface area (Å²) in [6, 6.07) is 4.63. The van der Waals surface area contributed by atoms with Crippen molar-refractivity contribution < 1.29 is 28.3 Å². The molecule has 122 valence electrons. The van der Waals surface area contributed by atoms with Crippen LogP contribution in [0.1, 0.15) is 32.0 Å². The van der Waals surface area contributed by atoms with E-state index in [-0.39, 0.29) is 22.5 Å². The van der Waals surface area contributed by atoms with Gasteiger partial charge in [-0.25, -0.2) is 0 Å². The lowest BCUT2D eigenvalue weighted by atomic mass is 9.94. The van der Waals surface area contributed by atoms with Crippen LogP contribution in [0.25, 0.3) is 4.48 Å². The zero-order chi connectivity index (χ0) is 17.4. The summed E-state index contributed by atoms with van der Waals surface area (Å²) in [5, 5.41) is 0. The second kappa shape index (κ2) is 6.09. The van der Waals surface area contributed by atoms with Gasteiger partial charge in [-0.15, -0.1) is 0 Å². The van der Waals surface area contributed by atoms with Crippen LogP contribution in [0, 0.1) is 0 Å². The number of allylic oxidation sites excluding steroid dienone is 1. The number of fused-ring (bicyclic) bond motifs is 1. The van der Waals surface area contributed by atoms with Crippen LogP contribution >= 0.6 is 15.9 Å². The smallest absolute Gasteiger partial charge is 0.237 e. The predicted octanol–water partition coefficient (Wildman–Crippen LogP) is 3.03. The van der Waals surface area contributed by atoms with Crippen molar-refractivity contribution in [3.8, 4) is 11.5 Å². The molecule has 1 aromatic heterocycles. The first-order valence-corrected chi connectivity index (χ1v) is 7.61. The van der Waals surface area contributed by atoms with Crippen molar-refractivity contribution in [1.82, 2.24) is 0 Å². The molecule has 0 saturated carbocycles. The van der Waals surface area contributed by atoms with Crippen molar-refractivity contribution in [3.05, 3.63) is 53.0 Å². The predicted molar refractivity (Wildman–Crippen MR) is 87.9 cm³/mol. The Kier molecular flexibility index (Phi) is 4.11. The van der Waals surface area contributed by atoms with Crippen LogP contribution in [0.15, 0.2) is 35.0 Å². The van der Waals surface area contributed by atoms with E-state index in [1.807, 2.05) is 0 Å². The number of hydrogen-bond acceptors (Lipinski definition) is 6. The van der Waals surface area contributed by atoms with Gasteiger partial charge in [0.15, 0.2) is 23.0 Å². The zero-order valence-electron chi connectivity index (χ0n) is 12.7. The average molecular weight is 391 g/mol. The van der Waals surface area contributed by atoms with E-state index in [1.165, 1.54) is 26.5 Å². The van der Waals surface area contributed by atoms with Gasteiger partial charge in [0.05, 0.1) is 29.8 Å². The molecule has 0 fully saturated rings. The molecule has 0 atom stereocenters. The summed E-state index contributed by atoms with van der Waals surface area (Å²) in [6.07, 6.45) is 2.30. The Labute approximate surface area is 145 Å². The van der Waals surface area contributed by atoms with Gasteiger partial charge in [0, 0.05) is 11.6 Å². The molecule has 1 aliphatic rings. The van der Waals surface area contributed by atoms with Crippen molar-refractivity contribution in [3.63, 3.8) is 0 Å². The maximum Gasteiger partial charge on any atom is 0.237 e. The van der Waals surface area contributed by atoms with E-state index in [2.05, 4.69) is 15.9 Å². The monoisotopic (exact) mass is 390 g/mol. The van der Waals surface area contributed by atoms with E-state index < -0.39 is 17.3 Å². The molecule has 0 bridgehead atoms. The molecule has 7 heteroatoms. The van der Waals surface area contributed by atoms with E-state index >= 15 is 0 Å². The van der Waals surface area contributed by atoms with E-state index in [4.69, 9.17) is 13.9 Å². The summed E-state index contributed by atoms with van der Waals surface area (Å²) in [5.74, 6) is -0.917. The summed E-state index contributed by atoms with van der Waals surface area (Å²) >= 11 is 3.16. The fraction of sp³-hybridized carbons (Fsp3) is 0.118. The number of ketones is 3. The maximum atomic E-state index is 12.8. The SMILES string of the molecule is COc1ccc(C(=O)c2coc3c2C(=O)C(=O)C=C3Br)cc1OC. The van der Waals surface area contributed by atoms with Crippen molar-refractivity contribution >= 4 is 37.8 Å². The number of carbonyl (C=O) groups is 3. The lowest BCUT2D eigenvalue weighted by Gasteiger charge is -2.10. The summed E-state index contributed by atoms with van der Waals surface area (Å²) < 4.78 is 15.9. The van der Waals surface area contributed by atoms with Gasteiger partial charge >= 0.3 is 0 Å². The van der Waals surface area contributed by atoms with Crippen LogP contribution in [-0.2, 0) is 4.79 Å². The zero-order valence-corrected chi connectivity index (χ0v) is 14.3. The number of furan rings is 1. The Bertz CT molecular complexity index is 906. The molecule has 1 aromatic carbocycles. The van der Waals surface area contributed by atoms with Crippen LogP contribution in [-0.4, -0.2) is 31.6 Å². The fourth-order valence-electron chi connectivity index (χ4n) is 2.43. The third kappa shape index (κ3) is 2.46. The lowest BCUT2D eigenvalue weighted by molar-refractivity contribution is -0.111. The Balaban J connectivity index is 2.09. The van der Waals surface area contributed by atoms with E-state index in [9.17, 15) is 14.4 Å². The normalized spacial score (nSPS) is 13.4. The van der Waals surface area contributed by atoms with Gasteiger partial charge in [-0.2, -0.15) is 0 Å². The molecular formula is C17H11BrO6. The highest BCUT2D eigenvalue weighted by Gasteiger charge is 2.33. The number of benzene rings is 1. The largest absolute Gasteiger partial charge is 0.493 e. The fourth-order valence-corrected chi connectivity index (χ4v) is 2.93. The summed E-state index contributed by atoms with van der Waals surface area (Å²) in [5.41, 5.74) is 0.275. The molecule has 0 spiro atoms. The molecule has 0 unspecified atom stereocenters. The van der Waals surface area contributed by atoms with Gasteiger partial charge in [-0.1, -0.05) is 0 Å². The molecule has 1 heterocycles. The topological polar surface area (TPSA) is 82.8 Å². The standard InChI is InChI=1S/C17H11BrO6/c1-22-12-4-3-8(5-13(12)23-2)15(20)9-7-24-17-10(18)6-11(19)16(21)14(9)17/h3-7H,1-2H3. The quantitative estimate of drug-likeness (QED) is 0.589. The molecular weight excluding hydrogens is 380 g/mol. The summed E-state index contributed by atoms with van der Waals surface area (Å²) in [7, 11) is 2.94. The van der Waals surface area contributed by atoms with Gasteiger partial charge < -0.3 is 13.9 Å².